The molecule has 4 rings (SSSR count). The molecule has 0 heterocycles. The maximum absolute atomic E-state index is 2.52. The molecule has 1 aliphatic carbocycles. The number of aryl methyl sites for hydroxylation is 3. The molecular formula is C27H30Cl3SiTi. The molecule has 0 aliphatic heterocycles. The van der Waals surface area contributed by atoms with Gasteiger partial charge in [-0.05, 0) is 0 Å². The van der Waals surface area contributed by atoms with Crippen LogP contribution in [0.1, 0.15) is 30.0 Å². The molecule has 0 unspecified atom stereocenters. The standard InChI is InChI=1S/C27H27Si.3ClH.Ti/c1-20-9-5-13-24(17-20)28(27-16-8-12-23(27)4,25-14-6-10-21(2)18-25)26-15-7-11-22(3)19-26;;;;/h5-7,9-11,13-19H,8H2,1-4H3;3*1H;. The molecule has 0 N–H and O–H groups in total. The van der Waals surface area contributed by atoms with E-state index in [0.29, 0.717) is 0 Å². The van der Waals surface area contributed by atoms with Gasteiger partial charge in [-0.25, -0.2) is 0 Å². The van der Waals surface area contributed by atoms with Crippen LogP contribution in [0.2, 0.25) is 0 Å². The van der Waals surface area contributed by atoms with Gasteiger partial charge < -0.3 is 0 Å². The Labute approximate surface area is 224 Å². The van der Waals surface area contributed by atoms with Gasteiger partial charge in [-0.15, -0.1) is 37.2 Å². The molecule has 0 bridgehead atoms. The smallest absolute Gasteiger partial charge is 0.147 e. The summed E-state index contributed by atoms with van der Waals surface area (Å²) in [5, 5.41) is 6.01. The third kappa shape index (κ3) is 5.20. The number of allylic oxidation sites excluding steroid dienone is 4. The molecule has 0 amide bonds. The van der Waals surface area contributed by atoms with E-state index >= 15 is 0 Å². The normalized spacial score (nSPS) is 12.9. The van der Waals surface area contributed by atoms with Crippen LogP contribution in [0.25, 0.3) is 0 Å². The van der Waals surface area contributed by atoms with E-state index in [0.717, 1.165) is 6.42 Å². The molecule has 0 fully saturated rings. The van der Waals surface area contributed by atoms with E-state index in [1.165, 1.54) is 41.7 Å². The molecule has 0 saturated carbocycles. The van der Waals surface area contributed by atoms with Crippen LogP contribution in [0.4, 0.5) is 0 Å². The number of halogens is 3. The summed E-state index contributed by atoms with van der Waals surface area (Å²) in [5.74, 6) is 0. The first-order valence-electron chi connectivity index (χ1n) is 10.3. The van der Waals surface area contributed by atoms with Crippen LogP contribution in [0.15, 0.2) is 93.5 Å². The summed E-state index contributed by atoms with van der Waals surface area (Å²) in [6.45, 7) is 8.97. The molecule has 0 nitrogen and oxygen atoms in total. The van der Waals surface area contributed by atoms with Gasteiger partial charge in [-0.3, -0.25) is 0 Å². The SMILES string of the molecule is CC1=[C]([Ti])CC=C1[Si](c1cccc(C)c1)(c1cccc(C)c1)c1cccc(C)c1.Cl.Cl.Cl. The van der Waals surface area contributed by atoms with E-state index in [9.17, 15) is 0 Å². The van der Waals surface area contributed by atoms with Gasteiger partial charge in [-0.2, -0.15) is 0 Å². The van der Waals surface area contributed by atoms with E-state index in [-0.39, 0.29) is 37.2 Å². The zero-order valence-corrected chi connectivity index (χ0v) is 23.9. The van der Waals surface area contributed by atoms with Crippen molar-refractivity contribution >= 4 is 60.9 Å². The number of hydrogen-bond donors (Lipinski definition) is 0. The van der Waals surface area contributed by atoms with Gasteiger partial charge in [0.2, 0.25) is 0 Å². The fourth-order valence-corrected chi connectivity index (χ4v) is 10.7. The predicted molar refractivity (Wildman–Crippen MR) is 145 cm³/mol. The molecule has 0 radical (unpaired) electrons. The number of rotatable bonds is 4. The Kier molecular flexibility index (Phi) is 10.8. The molecule has 3 aromatic rings. The third-order valence-electron chi connectivity index (χ3n) is 6.12. The average molecular weight is 537 g/mol. The van der Waals surface area contributed by atoms with Gasteiger partial charge in [0, 0.05) is 0 Å². The summed E-state index contributed by atoms with van der Waals surface area (Å²) in [6, 6.07) is 27.7. The van der Waals surface area contributed by atoms with Gasteiger partial charge in [0.15, 0.2) is 0 Å². The van der Waals surface area contributed by atoms with Crippen LogP contribution >= 0.6 is 37.2 Å². The average Bonchev–Trinajstić information content (AvgIpc) is 3.02. The van der Waals surface area contributed by atoms with Crippen molar-refractivity contribution in [3.63, 3.8) is 0 Å². The largest absolute Gasteiger partial charge is 0.147 e. The Bertz CT molecular complexity index is 1040. The zero-order chi connectivity index (χ0) is 20.6. The maximum atomic E-state index is 2.52. The summed E-state index contributed by atoms with van der Waals surface area (Å²) in [7, 11) is -2.39. The van der Waals surface area contributed by atoms with Crippen LogP contribution < -0.4 is 15.6 Å². The van der Waals surface area contributed by atoms with Crippen molar-refractivity contribution < 1.29 is 20.4 Å². The van der Waals surface area contributed by atoms with Crippen molar-refractivity contribution in [1.82, 2.24) is 0 Å². The van der Waals surface area contributed by atoms with Crippen LogP contribution in [-0.4, -0.2) is 8.07 Å². The summed E-state index contributed by atoms with van der Waals surface area (Å²) >= 11 is 2.29. The van der Waals surface area contributed by atoms with E-state index in [2.05, 4.69) is 127 Å². The number of hydrogen-bond acceptors (Lipinski definition) is 0. The molecule has 32 heavy (non-hydrogen) atoms. The minimum Gasteiger partial charge on any atom is -0.147 e. The molecule has 0 saturated heterocycles. The van der Waals surface area contributed by atoms with Gasteiger partial charge in [-0.1, -0.05) is 0 Å². The molecule has 0 aromatic heterocycles. The first-order valence-corrected chi connectivity index (χ1v) is 13.0. The molecule has 167 valence electrons. The van der Waals surface area contributed by atoms with E-state index in [4.69, 9.17) is 0 Å². The third-order valence-corrected chi connectivity index (χ3v) is 11.9. The van der Waals surface area contributed by atoms with Crippen molar-refractivity contribution in [2.45, 2.75) is 34.1 Å². The first kappa shape index (κ1) is 29.0. The Balaban J connectivity index is 0.00000171. The predicted octanol–water partition coefficient (Wildman–Crippen LogP) is 6.04. The molecule has 1 aliphatic rings. The zero-order valence-electron chi connectivity index (χ0n) is 18.9. The minimum atomic E-state index is -2.39. The van der Waals surface area contributed by atoms with E-state index in [1.54, 1.807) is 5.20 Å². The minimum absolute atomic E-state index is 0. The first-order chi connectivity index (χ1) is 13.9. The van der Waals surface area contributed by atoms with Crippen molar-refractivity contribution in [2.24, 2.45) is 0 Å². The second-order valence-electron chi connectivity index (χ2n) is 8.28. The van der Waals surface area contributed by atoms with Crippen molar-refractivity contribution in [1.29, 1.82) is 0 Å². The molecule has 5 heteroatoms. The maximum Gasteiger partial charge on any atom is -0.147 e. The topological polar surface area (TPSA) is 0 Å². The fraction of sp³-hybridized carbons (Fsp3) is 0.185. The number of benzene rings is 3. The Morgan fingerprint density at radius 1 is 0.625 bits per heavy atom. The Morgan fingerprint density at radius 2 is 1.00 bits per heavy atom. The van der Waals surface area contributed by atoms with Crippen LogP contribution in [0.3, 0.4) is 0 Å². The van der Waals surface area contributed by atoms with Crippen LogP contribution in [0.5, 0.6) is 0 Å². The van der Waals surface area contributed by atoms with Crippen molar-refractivity contribution in [3.8, 4) is 0 Å². The molecule has 3 aromatic carbocycles. The van der Waals surface area contributed by atoms with Crippen molar-refractivity contribution in [3.05, 3.63) is 110 Å². The summed E-state index contributed by atoms with van der Waals surface area (Å²) < 4.78 is 1.50. The van der Waals surface area contributed by atoms with Gasteiger partial charge in [0.25, 0.3) is 0 Å². The van der Waals surface area contributed by atoms with E-state index in [1.807, 2.05) is 0 Å². The Hall–Kier alpha value is -1.06. The van der Waals surface area contributed by atoms with Gasteiger partial charge in [0.05, 0.1) is 0 Å². The van der Waals surface area contributed by atoms with Gasteiger partial charge >= 0.3 is 188 Å². The van der Waals surface area contributed by atoms with Crippen LogP contribution in [0, 0.1) is 20.8 Å². The monoisotopic (exact) mass is 535 g/mol. The summed E-state index contributed by atoms with van der Waals surface area (Å²) in [4.78, 5) is 0. The second-order valence-corrected chi connectivity index (χ2v) is 13.0. The second kappa shape index (κ2) is 11.9. The fourth-order valence-electron chi connectivity index (χ4n) is 4.71. The summed E-state index contributed by atoms with van der Waals surface area (Å²) in [5.41, 5.74) is 5.48. The quantitative estimate of drug-likeness (QED) is 0.282. The molecule has 0 atom stereocenters. The van der Waals surface area contributed by atoms with E-state index < -0.39 is 8.07 Å². The molecule has 0 spiro atoms. The van der Waals surface area contributed by atoms with Crippen molar-refractivity contribution in [2.75, 3.05) is 0 Å². The van der Waals surface area contributed by atoms with Crippen LogP contribution in [-0.2, 0) is 20.4 Å². The molecular weight excluding hydrogens is 507 g/mol. The summed E-state index contributed by atoms with van der Waals surface area (Å²) in [6.07, 6.45) is 3.59. The van der Waals surface area contributed by atoms with Gasteiger partial charge in [0.1, 0.15) is 0 Å². The Morgan fingerprint density at radius 3 is 1.28 bits per heavy atom.